The number of carbonyl (C=O) groups is 1. The molecule has 0 spiro atoms. The number of nitrogens with one attached hydrogen (secondary N) is 2. The predicted molar refractivity (Wildman–Crippen MR) is 81.4 cm³/mol. The standard InChI is InChI=1S/C16H18FN3O/c1-11-6-7-13(15(10-11)20-18)16(21)19-9-8-12-4-2-3-5-14(12)17/h2-7,10,20H,8-9,18H2,1H3,(H,19,21). The van der Waals surface area contributed by atoms with Crippen molar-refractivity contribution < 1.29 is 9.18 Å². The summed E-state index contributed by atoms with van der Waals surface area (Å²) < 4.78 is 13.5. The fraction of sp³-hybridized carbons (Fsp3) is 0.188. The number of rotatable bonds is 5. The molecule has 0 saturated heterocycles. The zero-order chi connectivity index (χ0) is 15.2. The van der Waals surface area contributed by atoms with E-state index >= 15 is 0 Å². The molecule has 2 rings (SSSR count). The lowest BCUT2D eigenvalue weighted by Gasteiger charge is -2.10. The lowest BCUT2D eigenvalue weighted by atomic mass is 10.1. The average molecular weight is 287 g/mol. The number of aryl methyl sites for hydroxylation is 1. The number of carbonyl (C=O) groups excluding carboxylic acids is 1. The summed E-state index contributed by atoms with van der Waals surface area (Å²) in [7, 11) is 0. The number of hydrazine groups is 1. The van der Waals surface area contributed by atoms with E-state index in [2.05, 4.69) is 10.7 Å². The van der Waals surface area contributed by atoms with Crippen LogP contribution in [0.15, 0.2) is 42.5 Å². The van der Waals surface area contributed by atoms with Crippen LogP contribution in [0.25, 0.3) is 0 Å². The highest BCUT2D eigenvalue weighted by Crippen LogP contribution is 2.16. The molecular formula is C16H18FN3O. The molecular weight excluding hydrogens is 269 g/mol. The van der Waals surface area contributed by atoms with Crippen molar-refractivity contribution in [2.24, 2.45) is 5.84 Å². The summed E-state index contributed by atoms with van der Waals surface area (Å²) in [4.78, 5) is 12.1. The Morgan fingerprint density at radius 2 is 2.00 bits per heavy atom. The van der Waals surface area contributed by atoms with Gasteiger partial charge in [-0.1, -0.05) is 24.3 Å². The second-order valence-corrected chi connectivity index (χ2v) is 4.79. The van der Waals surface area contributed by atoms with Crippen molar-refractivity contribution in [1.82, 2.24) is 5.32 Å². The predicted octanol–water partition coefficient (Wildman–Crippen LogP) is 2.39. The Labute approximate surface area is 123 Å². The fourth-order valence-electron chi connectivity index (χ4n) is 2.08. The third kappa shape index (κ3) is 3.79. The molecule has 0 aliphatic heterocycles. The highest BCUT2D eigenvalue weighted by atomic mass is 19.1. The maximum atomic E-state index is 13.5. The van der Waals surface area contributed by atoms with Crippen LogP contribution in [-0.4, -0.2) is 12.5 Å². The summed E-state index contributed by atoms with van der Waals surface area (Å²) >= 11 is 0. The highest BCUT2D eigenvalue weighted by molar-refractivity contribution is 5.99. The van der Waals surface area contributed by atoms with Gasteiger partial charge in [-0.25, -0.2) is 4.39 Å². The minimum atomic E-state index is -0.258. The van der Waals surface area contributed by atoms with Crippen molar-refractivity contribution in [3.8, 4) is 0 Å². The van der Waals surface area contributed by atoms with Gasteiger partial charge in [-0.05, 0) is 42.7 Å². The molecule has 0 aliphatic carbocycles. The number of nitrogen functional groups attached to an aromatic ring is 1. The molecule has 2 aromatic carbocycles. The summed E-state index contributed by atoms with van der Waals surface area (Å²) in [6, 6.07) is 11.9. The average Bonchev–Trinajstić information content (AvgIpc) is 2.48. The Morgan fingerprint density at radius 1 is 1.24 bits per heavy atom. The lowest BCUT2D eigenvalue weighted by Crippen LogP contribution is -2.27. The quantitative estimate of drug-likeness (QED) is 0.584. The molecule has 0 radical (unpaired) electrons. The molecule has 4 N–H and O–H groups in total. The van der Waals surface area contributed by atoms with Gasteiger partial charge in [0, 0.05) is 6.54 Å². The van der Waals surface area contributed by atoms with E-state index in [9.17, 15) is 9.18 Å². The maximum Gasteiger partial charge on any atom is 0.253 e. The Hall–Kier alpha value is -2.40. The van der Waals surface area contributed by atoms with Gasteiger partial charge in [-0.15, -0.1) is 0 Å². The summed E-state index contributed by atoms with van der Waals surface area (Å²) in [6.07, 6.45) is 0.440. The van der Waals surface area contributed by atoms with Crippen LogP contribution < -0.4 is 16.6 Å². The smallest absolute Gasteiger partial charge is 0.253 e. The fourth-order valence-corrected chi connectivity index (χ4v) is 2.08. The molecule has 0 bridgehead atoms. The number of hydrogen-bond donors (Lipinski definition) is 3. The summed E-state index contributed by atoms with van der Waals surface area (Å²) in [6.45, 7) is 2.28. The van der Waals surface area contributed by atoms with Crippen molar-refractivity contribution in [2.75, 3.05) is 12.0 Å². The third-order valence-corrected chi connectivity index (χ3v) is 3.21. The van der Waals surface area contributed by atoms with Crippen LogP contribution in [0.3, 0.4) is 0 Å². The molecule has 110 valence electrons. The van der Waals surface area contributed by atoms with Gasteiger partial charge in [-0.2, -0.15) is 0 Å². The van der Waals surface area contributed by atoms with Crippen molar-refractivity contribution >= 4 is 11.6 Å². The van der Waals surface area contributed by atoms with Crippen molar-refractivity contribution in [2.45, 2.75) is 13.3 Å². The number of hydrogen-bond acceptors (Lipinski definition) is 3. The first-order valence-electron chi connectivity index (χ1n) is 6.70. The van der Waals surface area contributed by atoms with Crippen LogP contribution in [0, 0.1) is 12.7 Å². The minimum absolute atomic E-state index is 0.237. The van der Waals surface area contributed by atoms with Crippen molar-refractivity contribution in [3.63, 3.8) is 0 Å². The maximum absolute atomic E-state index is 13.5. The van der Waals surface area contributed by atoms with E-state index in [1.165, 1.54) is 6.07 Å². The van der Waals surface area contributed by atoms with E-state index in [1.807, 2.05) is 13.0 Å². The summed E-state index contributed by atoms with van der Waals surface area (Å²) in [5, 5.41) is 2.77. The van der Waals surface area contributed by atoms with E-state index in [0.717, 1.165) is 5.56 Å². The van der Waals surface area contributed by atoms with Gasteiger partial charge < -0.3 is 10.7 Å². The van der Waals surface area contributed by atoms with Crippen LogP contribution in [0.2, 0.25) is 0 Å². The molecule has 0 atom stereocenters. The van der Waals surface area contributed by atoms with Gasteiger partial charge >= 0.3 is 0 Å². The van der Waals surface area contributed by atoms with Crippen molar-refractivity contribution in [3.05, 3.63) is 65.0 Å². The largest absolute Gasteiger partial charge is 0.352 e. The molecule has 4 nitrogen and oxygen atoms in total. The van der Waals surface area contributed by atoms with Gasteiger partial charge in [0.15, 0.2) is 0 Å². The second-order valence-electron chi connectivity index (χ2n) is 4.79. The molecule has 0 saturated carbocycles. The Balaban J connectivity index is 1.98. The van der Waals surface area contributed by atoms with E-state index in [4.69, 9.17) is 5.84 Å². The second kappa shape index (κ2) is 6.85. The Morgan fingerprint density at radius 3 is 2.71 bits per heavy atom. The molecule has 0 heterocycles. The monoisotopic (exact) mass is 287 g/mol. The number of benzene rings is 2. The van der Waals surface area contributed by atoms with Crippen LogP contribution in [0.5, 0.6) is 0 Å². The molecule has 2 aromatic rings. The number of nitrogens with two attached hydrogens (primary N) is 1. The number of amides is 1. The zero-order valence-corrected chi connectivity index (χ0v) is 11.8. The molecule has 0 fully saturated rings. The van der Waals surface area contributed by atoms with Gasteiger partial charge in [0.05, 0.1) is 11.3 Å². The number of anilines is 1. The van der Waals surface area contributed by atoms with Gasteiger partial charge in [0.1, 0.15) is 5.82 Å². The molecule has 1 amide bonds. The van der Waals surface area contributed by atoms with Gasteiger partial charge in [0.2, 0.25) is 0 Å². The SMILES string of the molecule is Cc1ccc(C(=O)NCCc2ccccc2F)c(NN)c1. The van der Waals surface area contributed by atoms with Crippen molar-refractivity contribution in [1.29, 1.82) is 0 Å². The normalized spacial score (nSPS) is 10.2. The molecule has 0 unspecified atom stereocenters. The van der Waals surface area contributed by atoms with Crippen LogP contribution >= 0.6 is 0 Å². The summed E-state index contributed by atoms with van der Waals surface area (Å²) in [5.41, 5.74) is 5.14. The highest BCUT2D eigenvalue weighted by Gasteiger charge is 2.10. The van der Waals surface area contributed by atoms with E-state index in [0.29, 0.717) is 29.8 Å². The molecule has 0 aromatic heterocycles. The van der Waals surface area contributed by atoms with Crippen LogP contribution in [-0.2, 0) is 6.42 Å². The van der Waals surface area contributed by atoms with Crippen LogP contribution in [0.1, 0.15) is 21.5 Å². The zero-order valence-electron chi connectivity index (χ0n) is 11.8. The Bertz CT molecular complexity index is 643. The first-order valence-corrected chi connectivity index (χ1v) is 6.70. The Kier molecular flexibility index (Phi) is 4.90. The van der Waals surface area contributed by atoms with E-state index in [1.54, 1.807) is 30.3 Å². The third-order valence-electron chi connectivity index (χ3n) is 3.21. The molecule has 21 heavy (non-hydrogen) atoms. The van der Waals surface area contributed by atoms with Gasteiger partial charge in [0.25, 0.3) is 5.91 Å². The lowest BCUT2D eigenvalue weighted by molar-refractivity contribution is 0.0955. The van der Waals surface area contributed by atoms with Gasteiger partial charge in [-0.3, -0.25) is 10.6 Å². The number of halogens is 1. The molecule has 0 aliphatic rings. The van der Waals surface area contributed by atoms with E-state index < -0.39 is 0 Å². The topological polar surface area (TPSA) is 67.2 Å². The molecule has 5 heteroatoms. The van der Waals surface area contributed by atoms with E-state index in [-0.39, 0.29) is 11.7 Å². The first-order chi connectivity index (χ1) is 10.1. The minimum Gasteiger partial charge on any atom is -0.352 e. The first kappa shape index (κ1) is 15.0. The summed E-state index contributed by atoms with van der Waals surface area (Å²) in [5.74, 6) is 4.92. The van der Waals surface area contributed by atoms with Crippen LogP contribution in [0.4, 0.5) is 10.1 Å².